The van der Waals surface area contributed by atoms with Gasteiger partial charge in [0.2, 0.25) is 5.71 Å². The fourth-order valence-corrected chi connectivity index (χ4v) is 5.21. The molecule has 4 aromatic rings. The Morgan fingerprint density at radius 3 is 2.46 bits per heavy atom. The third-order valence-electron chi connectivity index (χ3n) is 4.95. The highest BCUT2D eigenvalue weighted by molar-refractivity contribution is 7.14. The summed E-state index contributed by atoms with van der Waals surface area (Å²) in [5.41, 5.74) is 1.77. The number of fused-ring (bicyclic) bond motifs is 1. The van der Waals surface area contributed by atoms with Crippen LogP contribution in [0.5, 0.6) is 0 Å². The lowest BCUT2D eigenvalue weighted by molar-refractivity contribution is 0.462. The maximum Gasteiger partial charge on any atom is 0.232 e. The Morgan fingerprint density at radius 1 is 0.962 bits per heavy atom. The lowest BCUT2D eigenvalue weighted by Gasteiger charge is -2.23. The first-order valence-electron chi connectivity index (χ1n) is 9.02. The molecule has 1 fully saturated rings. The zero-order valence-corrected chi connectivity index (χ0v) is 15.9. The SMILES string of the molecule is c1csc(-c2oc3ncnc(NC4CCCCC4)c3c2-c2cccs2)c1. The molecule has 1 aliphatic carbocycles. The molecular weight excluding hydrogens is 362 g/mol. The van der Waals surface area contributed by atoms with Crippen LogP contribution in [0.3, 0.4) is 0 Å². The summed E-state index contributed by atoms with van der Waals surface area (Å²) in [6, 6.07) is 8.86. The van der Waals surface area contributed by atoms with Crippen molar-refractivity contribution in [2.75, 3.05) is 5.32 Å². The number of hydrogen-bond donors (Lipinski definition) is 1. The number of hydrogen-bond acceptors (Lipinski definition) is 6. The molecule has 4 aromatic heterocycles. The van der Waals surface area contributed by atoms with E-state index in [1.807, 2.05) is 0 Å². The number of anilines is 1. The fourth-order valence-electron chi connectivity index (χ4n) is 3.72. The maximum atomic E-state index is 6.22. The summed E-state index contributed by atoms with van der Waals surface area (Å²) in [5, 5.41) is 8.86. The Labute approximate surface area is 159 Å². The van der Waals surface area contributed by atoms with Gasteiger partial charge >= 0.3 is 0 Å². The molecule has 26 heavy (non-hydrogen) atoms. The summed E-state index contributed by atoms with van der Waals surface area (Å²) in [5.74, 6) is 1.79. The highest BCUT2D eigenvalue weighted by Crippen LogP contribution is 2.45. The molecule has 4 nitrogen and oxygen atoms in total. The Bertz CT molecular complexity index is 999. The van der Waals surface area contributed by atoms with Gasteiger partial charge in [-0.2, -0.15) is 0 Å². The molecule has 4 heterocycles. The second-order valence-electron chi connectivity index (χ2n) is 6.64. The molecule has 0 saturated heterocycles. The van der Waals surface area contributed by atoms with Crippen molar-refractivity contribution >= 4 is 39.6 Å². The van der Waals surface area contributed by atoms with E-state index in [1.165, 1.54) is 37.0 Å². The van der Waals surface area contributed by atoms with E-state index in [0.29, 0.717) is 11.8 Å². The van der Waals surface area contributed by atoms with Gasteiger partial charge in [0.1, 0.15) is 12.1 Å². The van der Waals surface area contributed by atoms with E-state index in [1.54, 1.807) is 29.0 Å². The quantitative estimate of drug-likeness (QED) is 0.443. The standard InChI is InChI=1S/C20H19N3OS2/c1-2-6-13(7-3-1)23-19-17-16(14-8-4-10-25-14)18(15-9-5-11-26-15)24-20(17)22-12-21-19/h4-5,8-13H,1-3,6-7H2,(H,21,22,23). The Balaban J connectivity index is 1.69. The lowest BCUT2D eigenvalue weighted by atomic mass is 9.95. The highest BCUT2D eigenvalue weighted by atomic mass is 32.1. The van der Waals surface area contributed by atoms with Gasteiger partial charge in [-0.25, -0.2) is 9.97 Å². The highest BCUT2D eigenvalue weighted by Gasteiger charge is 2.24. The summed E-state index contributed by atoms with van der Waals surface area (Å²) < 4.78 is 6.22. The molecule has 5 rings (SSSR count). The van der Waals surface area contributed by atoms with Crippen molar-refractivity contribution in [3.63, 3.8) is 0 Å². The molecular formula is C20H19N3OS2. The van der Waals surface area contributed by atoms with Crippen molar-refractivity contribution in [3.8, 4) is 21.1 Å². The molecule has 1 saturated carbocycles. The van der Waals surface area contributed by atoms with Gasteiger partial charge in [0, 0.05) is 10.9 Å². The summed E-state index contributed by atoms with van der Waals surface area (Å²) in [6.45, 7) is 0. The fraction of sp³-hybridized carbons (Fsp3) is 0.300. The van der Waals surface area contributed by atoms with Gasteiger partial charge in [-0.15, -0.1) is 22.7 Å². The first-order valence-corrected chi connectivity index (χ1v) is 10.8. The Hall–Kier alpha value is -2.18. The van der Waals surface area contributed by atoms with Crippen LogP contribution in [0, 0.1) is 0 Å². The number of furan rings is 1. The average molecular weight is 382 g/mol. The van der Waals surface area contributed by atoms with Crippen molar-refractivity contribution in [2.45, 2.75) is 38.1 Å². The minimum atomic E-state index is 0.484. The third-order valence-corrected chi connectivity index (χ3v) is 6.70. The van der Waals surface area contributed by atoms with Gasteiger partial charge in [-0.05, 0) is 35.7 Å². The molecule has 0 bridgehead atoms. The van der Waals surface area contributed by atoms with E-state index in [2.05, 4.69) is 50.3 Å². The predicted molar refractivity (Wildman–Crippen MR) is 109 cm³/mol. The number of aromatic nitrogens is 2. The van der Waals surface area contributed by atoms with E-state index in [-0.39, 0.29) is 0 Å². The van der Waals surface area contributed by atoms with Crippen molar-refractivity contribution in [1.82, 2.24) is 9.97 Å². The summed E-state index contributed by atoms with van der Waals surface area (Å²) >= 11 is 3.41. The van der Waals surface area contributed by atoms with Crippen LogP contribution in [0.1, 0.15) is 32.1 Å². The van der Waals surface area contributed by atoms with Gasteiger partial charge in [-0.1, -0.05) is 31.4 Å². The molecule has 0 unspecified atom stereocenters. The van der Waals surface area contributed by atoms with E-state index >= 15 is 0 Å². The van der Waals surface area contributed by atoms with Crippen LogP contribution >= 0.6 is 22.7 Å². The normalized spacial score (nSPS) is 15.5. The van der Waals surface area contributed by atoms with Crippen molar-refractivity contribution in [1.29, 1.82) is 0 Å². The Kier molecular flexibility index (Phi) is 4.22. The Morgan fingerprint density at radius 2 is 1.73 bits per heavy atom. The second-order valence-corrected chi connectivity index (χ2v) is 8.54. The molecule has 0 aliphatic heterocycles. The van der Waals surface area contributed by atoms with Crippen LogP contribution in [0.4, 0.5) is 5.82 Å². The molecule has 0 spiro atoms. The maximum absolute atomic E-state index is 6.22. The van der Waals surface area contributed by atoms with E-state index in [0.717, 1.165) is 27.4 Å². The van der Waals surface area contributed by atoms with Crippen LogP contribution in [0.2, 0.25) is 0 Å². The van der Waals surface area contributed by atoms with Gasteiger partial charge in [-0.3, -0.25) is 0 Å². The van der Waals surface area contributed by atoms with Gasteiger partial charge in [0.15, 0.2) is 5.76 Å². The smallest absolute Gasteiger partial charge is 0.232 e. The van der Waals surface area contributed by atoms with Crippen molar-refractivity contribution < 1.29 is 4.42 Å². The van der Waals surface area contributed by atoms with Crippen molar-refractivity contribution in [3.05, 3.63) is 41.4 Å². The minimum absolute atomic E-state index is 0.484. The molecule has 0 aromatic carbocycles. The second kappa shape index (κ2) is 6.85. The largest absolute Gasteiger partial charge is 0.436 e. The topological polar surface area (TPSA) is 51.0 Å². The molecule has 0 amide bonds. The molecule has 132 valence electrons. The van der Waals surface area contributed by atoms with Crippen LogP contribution in [-0.4, -0.2) is 16.0 Å². The van der Waals surface area contributed by atoms with Crippen molar-refractivity contribution in [2.24, 2.45) is 0 Å². The zero-order chi connectivity index (χ0) is 17.3. The third kappa shape index (κ3) is 2.83. The monoisotopic (exact) mass is 381 g/mol. The summed E-state index contributed by atoms with van der Waals surface area (Å²) in [6.07, 6.45) is 7.93. The van der Waals surface area contributed by atoms with E-state index in [9.17, 15) is 0 Å². The van der Waals surface area contributed by atoms with Gasteiger partial charge in [0.25, 0.3) is 0 Å². The van der Waals surface area contributed by atoms with Crippen LogP contribution in [0.25, 0.3) is 32.2 Å². The first kappa shape index (κ1) is 16.0. The summed E-state index contributed by atoms with van der Waals surface area (Å²) in [4.78, 5) is 11.3. The molecule has 6 heteroatoms. The molecule has 1 aliphatic rings. The first-order chi connectivity index (χ1) is 12.9. The number of nitrogens with one attached hydrogen (secondary N) is 1. The zero-order valence-electron chi connectivity index (χ0n) is 14.3. The predicted octanol–water partition coefficient (Wildman–Crippen LogP) is 6.42. The molecule has 1 N–H and O–H groups in total. The van der Waals surface area contributed by atoms with Gasteiger partial charge in [0.05, 0.1) is 15.8 Å². The average Bonchev–Trinajstić information content (AvgIpc) is 3.42. The van der Waals surface area contributed by atoms with Crippen LogP contribution in [0.15, 0.2) is 45.8 Å². The van der Waals surface area contributed by atoms with E-state index in [4.69, 9.17) is 4.42 Å². The number of thiophene rings is 2. The number of nitrogens with zero attached hydrogens (tertiary/aromatic N) is 2. The number of rotatable bonds is 4. The van der Waals surface area contributed by atoms with Crippen LogP contribution < -0.4 is 5.32 Å². The molecule has 0 atom stereocenters. The minimum Gasteiger partial charge on any atom is -0.436 e. The van der Waals surface area contributed by atoms with Crippen LogP contribution in [-0.2, 0) is 0 Å². The molecule has 0 radical (unpaired) electrons. The van der Waals surface area contributed by atoms with E-state index < -0.39 is 0 Å². The lowest BCUT2D eigenvalue weighted by Crippen LogP contribution is -2.22. The van der Waals surface area contributed by atoms with Gasteiger partial charge < -0.3 is 9.73 Å². The summed E-state index contributed by atoms with van der Waals surface area (Å²) in [7, 11) is 0.